The number of aromatic nitrogens is 1. The number of thiocarbonyl (C=S) groups is 1. The molecule has 1 heterocycles. The van der Waals surface area contributed by atoms with E-state index in [0.29, 0.717) is 0 Å². The zero-order valence-electron chi connectivity index (χ0n) is 6.77. The van der Waals surface area contributed by atoms with Crippen LogP contribution in [0.3, 0.4) is 0 Å². The average Bonchev–Trinajstić information content (AvgIpc) is 2.19. The second-order valence-electron chi connectivity index (χ2n) is 2.58. The van der Waals surface area contributed by atoms with Crippen LogP contribution in [-0.4, -0.2) is 10.1 Å². The van der Waals surface area contributed by atoms with Gasteiger partial charge in [0.25, 0.3) is 0 Å². The maximum absolute atomic E-state index is 4.56. The fourth-order valence-electron chi connectivity index (χ4n) is 1.24. The van der Waals surface area contributed by atoms with Crippen molar-refractivity contribution < 1.29 is 0 Å². The van der Waals surface area contributed by atoms with E-state index in [4.69, 9.17) is 0 Å². The predicted molar refractivity (Wildman–Crippen MR) is 56.4 cm³/mol. The van der Waals surface area contributed by atoms with E-state index < -0.39 is 0 Å². The van der Waals surface area contributed by atoms with Crippen LogP contribution in [0.1, 0.15) is 0 Å². The number of fused-ring (bicyclic) bond motifs is 1. The topological polar surface area (TPSA) is 25.2 Å². The lowest BCUT2D eigenvalue weighted by Crippen LogP contribution is -1.74. The van der Waals surface area contributed by atoms with Gasteiger partial charge in [-0.1, -0.05) is 12.1 Å². The van der Waals surface area contributed by atoms with Crippen molar-refractivity contribution in [3.8, 4) is 0 Å². The van der Waals surface area contributed by atoms with Crippen LogP contribution in [0.15, 0.2) is 41.7 Å². The zero-order chi connectivity index (χ0) is 9.10. The molecule has 0 aliphatic heterocycles. The number of rotatable bonds is 1. The normalized spacial score (nSPS) is 9.54. The number of hydrogen-bond acceptors (Lipinski definition) is 3. The molecule has 0 bridgehead atoms. The summed E-state index contributed by atoms with van der Waals surface area (Å²) in [5.41, 5.74) is 0.820. The third kappa shape index (κ3) is 1.47. The van der Waals surface area contributed by atoms with Crippen LogP contribution in [0.2, 0.25) is 0 Å². The Kier molecular flexibility index (Phi) is 2.13. The van der Waals surface area contributed by atoms with Crippen molar-refractivity contribution >= 4 is 33.8 Å². The molecule has 0 radical (unpaired) electrons. The van der Waals surface area contributed by atoms with Crippen LogP contribution < -0.4 is 0 Å². The van der Waals surface area contributed by atoms with E-state index in [1.54, 1.807) is 12.4 Å². The molecule has 0 N–H and O–H groups in total. The second-order valence-corrected chi connectivity index (χ2v) is 2.76. The number of nitrogens with zero attached hydrogens (tertiary/aromatic N) is 2. The molecule has 1 aromatic heterocycles. The van der Waals surface area contributed by atoms with Gasteiger partial charge in [0.05, 0.1) is 10.8 Å². The van der Waals surface area contributed by atoms with Gasteiger partial charge in [0.1, 0.15) is 0 Å². The average molecular weight is 186 g/mol. The minimum atomic E-state index is 0.820. The number of hydrogen-bond donors (Lipinski definition) is 0. The Hall–Kier alpha value is -1.57. The number of isothiocyanates is 1. The van der Waals surface area contributed by atoms with Gasteiger partial charge in [0.15, 0.2) is 0 Å². The quantitative estimate of drug-likeness (QED) is 0.505. The summed E-state index contributed by atoms with van der Waals surface area (Å²) < 4.78 is 0. The Morgan fingerprint density at radius 2 is 2.23 bits per heavy atom. The van der Waals surface area contributed by atoms with Crippen molar-refractivity contribution in [3.05, 3.63) is 36.7 Å². The lowest BCUT2D eigenvalue weighted by molar-refractivity contribution is 1.36. The van der Waals surface area contributed by atoms with E-state index in [9.17, 15) is 0 Å². The summed E-state index contributed by atoms with van der Waals surface area (Å²) in [6.45, 7) is 0. The summed E-state index contributed by atoms with van der Waals surface area (Å²) in [6, 6.07) is 7.79. The van der Waals surface area contributed by atoms with Crippen molar-refractivity contribution in [1.29, 1.82) is 0 Å². The van der Waals surface area contributed by atoms with Gasteiger partial charge in [-0.25, -0.2) is 0 Å². The van der Waals surface area contributed by atoms with Crippen molar-refractivity contribution in [3.63, 3.8) is 0 Å². The molecular weight excluding hydrogens is 180 g/mol. The molecule has 0 fully saturated rings. The van der Waals surface area contributed by atoms with E-state index in [-0.39, 0.29) is 0 Å². The van der Waals surface area contributed by atoms with Gasteiger partial charge in [-0.2, -0.15) is 4.99 Å². The van der Waals surface area contributed by atoms with Gasteiger partial charge in [0, 0.05) is 17.8 Å². The Balaban J connectivity index is 2.82. The minimum absolute atomic E-state index is 0.820. The third-order valence-corrected chi connectivity index (χ3v) is 1.92. The minimum Gasteiger partial charge on any atom is -0.264 e. The third-order valence-electron chi connectivity index (χ3n) is 1.83. The van der Waals surface area contributed by atoms with Gasteiger partial charge in [-0.15, -0.1) is 0 Å². The maximum atomic E-state index is 4.56. The highest BCUT2D eigenvalue weighted by Gasteiger charge is 1.96. The summed E-state index contributed by atoms with van der Waals surface area (Å²) in [5.74, 6) is 0. The summed E-state index contributed by atoms with van der Waals surface area (Å²) in [7, 11) is 0. The van der Waals surface area contributed by atoms with Gasteiger partial charge in [0.2, 0.25) is 0 Å². The Labute approximate surface area is 81.0 Å². The molecule has 0 saturated carbocycles. The van der Waals surface area contributed by atoms with Gasteiger partial charge in [-0.05, 0) is 29.7 Å². The Morgan fingerprint density at radius 3 is 3.08 bits per heavy atom. The van der Waals surface area contributed by atoms with Gasteiger partial charge < -0.3 is 0 Å². The first kappa shape index (κ1) is 8.05. The van der Waals surface area contributed by atoms with E-state index in [1.807, 2.05) is 24.3 Å². The molecule has 2 aromatic rings. The lowest BCUT2D eigenvalue weighted by atomic mass is 10.1. The van der Waals surface area contributed by atoms with Crippen LogP contribution >= 0.6 is 12.2 Å². The van der Waals surface area contributed by atoms with E-state index in [1.165, 1.54) is 0 Å². The smallest absolute Gasteiger partial charge is 0.0833 e. The maximum Gasteiger partial charge on any atom is 0.0833 e. The molecule has 0 saturated heterocycles. The van der Waals surface area contributed by atoms with Crippen LogP contribution in [0.4, 0.5) is 5.69 Å². The first-order valence-corrected chi connectivity index (χ1v) is 4.23. The molecule has 3 heteroatoms. The predicted octanol–water partition coefficient (Wildman–Crippen LogP) is 2.97. The van der Waals surface area contributed by atoms with Crippen molar-refractivity contribution in [2.45, 2.75) is 0 Å². The molecule has 0 atom stereocenters. The molecule has 0 aliphatic rings. The molecule has 13 heavy (non-hydrogen) atoms. The van der Waals surface area contributed by atoms with E-state index in [2.05, 4.69) is 27.4 Å². The molecular formula is C10H6N2S. The van der Waals surface area contributed by atoms with Gasteiger partial charge in [-0.3, -0.25) is 4.98 Å². The molecule has 0 spiro atoms. The fraction of sp³-hybridized carbons (Fsp3) is 0. The Bertz CT molecular complexity index is 482. The largest absolute Gasteiger partial charge is 0.264 e. The molecule has 2 rings (SSSR count). The van der Waals surface area contributed by atoms with E-state index >= 15 is 0 Å². The van der Waals surface area contributed by atoms with Gasteiger partial charge >= 0.3 is 0 Å². The van der Waals surface area contributed by atoms with Crippen LogP contribution in [-0.2, 0) is 0 Å². The molecule has 1 aromatic carbocycles. The number of aliphatic imine (C=N–C) groups is 1. The highest BCUT2D eigenvalue weighted by Crippen LogP contribution is 2.23. The SMILES string of the molecule is S=C=Nc1cccc2ccncc12. The Morgan fingerprint density at radius 1 is 1.31 bits per heavy atom. The van der Waals surface area contributed by atoms with Crippen LogP contribution in [0.5, 0.6) is 0 Å². The standard InChI is InChI=1S/C10H6N2S/c13-7-12-10-3-1-2-8-4-5-11-6-9(8)10/h1-6H. The fourth-order valence-corrected chi connectivity index (χ4v) is 1.34. The molecule has 0 amide bonds. The molecule has 0 unspecified atom stereocenters. The van der Waals surface area contributed by atoms with E-state index in [0.717, 1.165) is 16.5 Å². The number of benzene rings is 1. The summed E-state index contributed by atoms with van der Waals surface area (Å²) in [4.78, 5) is 7.99. The summed E-state index contributed by atoms with van der Waals surface area (Å²) in [5, 5.41) is 4.47. The first-order valence-electron chi connectivity index (χ1n) is 3.82. The van der Waals surface area contributed by atoms with Crippen molar-refractivity contribution in [2.24, 2.45) is 4.99 Å². The monoisotopic (exact) mass is 186 g/mol. The lowest BCUT2D eigenvalue weighted by Gasteiger charge is -1.97. The van der Waals surface area contributed by atoms with Crippen molar-refractivity contribution in [2.75, 3.05) is 0 Å². The first-order chi connectivity index (χ1) is 6.42. The van der Waals surface area contributed by atoms with Crippen molar-refractivity contribution in [1.82, 2.24) is 4.98 Å². The second kappa shape index (κ2) is 3.44. The molecule has 62 valence electrons. The van der Waals surface area contributed by atoms with Crippen LogP contribution in [0.25, 0.3) is 10.8 Å². The molecule has 0 aliphatic carbocycles. The van der Waals surface area contributed by atoms with Crippen LogP contribution in [0, 0.1) is 0 Å². The summed E-state index contributed by atoms with van der Waals surface area (Å²) in [6.07, 6.45) is 3.54. The highest BCUT2D eigenvalue weighted by atomic mass is 32.1. The zero-order valence-corrected chi connectivity index (χ0v) is 7.58. The molecule has 2 nitrogen and oxygen atoms in total. The summed E-state index contributed by atoms with van der Waals surface area (Å²) >= 11 is 4.56. The number of pyridine rings is 1. The highest BCUT2D eigenvalue weighted by molar-refractivity contribution is 7.78.